The molecule has 54 heavy (non-hydrogen) atoms. The summed E-state index contributed by atoms with van der Waals surface area (Å²) in [6, 6.07) is 8.38. The van der Waals surface area contributed by atoms with Gasteiger partial charge in [-0.15, -0.1) is 31.2 Å². The second-order valence-corrected chi connectivity index (χ2v) is 13.7. The number of nitrogens with zero attached hydrogens (tertiary/aromatic N) is 3. The number of carbonyl (C=O) groups excluding carboxylic acids is 4. The maximum absolute atomic E-state index is 14.4. The molecule has 292 valence electrons. The summed E-state index contributed by atoms with van der Waals surface area (Å²) in [4.78, 5) is 51.2. The van der Waals surface area contributed by atoms with Crippen molar-refractivity contribution in [1.82, 2.24) is 4.90 Å². The molecule has 9 nitrogen and oxygen atoms in total. The van der Waals surface area contributed by atoms with Crippen molar-refractivity contribution in [3.63, 3.8) is 0 Å². The number of halogens is 5. The van der Waals surface area contributed by atoms with Crippen LogP contribution in [0.1, 0.15) is 57.6 Å². The van der Waals surface area contributed by atoms with Crippen LogP contribution in [-0.2, 0) is 36.8 Å². The van der Waals surface area contributed by atoms with Gasteiger partial charge < -0.3 is 14.4 Å². The topological polar surface area (TPSA) is 96.5 Å². The van der Waals surface area contributed by atoms with E-state index < -0.39 is 28.6 Å². The number of hydrogen-bond acceptors (Lipinski definition) is 6. The van der Waals surface area contributed by atoms with Gasteiger partial charge in [0.15, 0.2) is 10.9 Å². The van der Waals surface area contributed by atoms with Gasteiger partial charge in [-0.25, -0.2) is 9.29 Å². The standard InChI is InChI=1S/C18H15ClFNO3.C14H20ClNO2.C8H11Cl2NO/c1-3-10(2)24-16-9-15(14(20)8-13(16)19)21-17(22)11-6-4-5-7-12(11)18(21)23;1-4-11-7-6-8-12(5-2)14(11)16(10-18-3)13(17)9-15;1-3-5-11(6-4-2)8(12)7(9)10/h1,8-10H,4-7H2,2H3;6-8H,4-5,9-10H2,1-3H3;3-4,7H,1-2,5-6H2. The molecule has 2 aromatic carbocycles. The highest BCUT2D eigenvalue weighted by molar-refractivity contribution is 6.53. The summed E-state index contributed by atoms with van der Waals surface area (Å²) in [7, 11) is 1.58. The van der Waals surface area contributed by atoms with Crippen molar-refractivity contribution < 1.29 is 33.0 Å². The number of alkyl halides is 3. The van der Waals surface area contributed by atoms with Gasteiger partial charge in [0.25, 0.3) is 17.7 Å². The van der Waals surface area contributed by atoms with Crippen LogP contribution in [0.4, 0.5) is 15.8 Å². The number of carbonyl (C=O) groups is 4. The Morgan fingerprint density at radius 2 is 1.57 bits per heavy atom. The van der Waals surface area contributed by atoms with Gasteiger partial charge in [-0.2, -0.15) is 0 Å². The van der Waals surface area contributed by atoms with E-state index in [-0.39, 0.29) is 40.9 Å². The SMILES string of the molecule is C#CC(C)Oc1cc(N2C(=O)C3=C(CCCC3)C2=O)c(F)cc1Cl.C=CCN(CC=C)C(=O)C(Cl)Cl.CCc1cccc(CC)c1N(COC)C(=O)CCl. The van der Waals surface area contributed by atoms with Crippen LogP contribution in [0.15, 0.2) is 66.8 Å². The third-order valence-electron chi connectivity index (χ3n) is 8.28. The summed E-state index contributed by atoms with van der Waals surface area (Å²) >= 11 is 22.4. The van der Waals surface area contributed by atoms with Gasteiger partial charge in [0.2, 0.25) is 5.91 Å². The van der Waals surface area contributed by atoms with Crippen LogP contribution >= 0.6 is 46.4 Å². The first-order chi connectivity index (χ1) is 25.8. The van der Waals surface area contributed by atoms with Crippen LogP contribution in [-0.4, -0.2) is 72.3 Å². The number of amides is 4. The minimum absolute atomic E-state index is 0.0233. The number of para-hydroxylation sites is 1. The molecule has 1 atom stereocenters. The molecule has 0 saturated heterocycles. The molecule has 14 heteroatoms. The Balaban J connectivity index is 0.000000299. The van der Waals surface area contributed by atoms with Crippen molar-refractivity contribution in [3.05, 3.63) is 88.8 Å². The van der Waals surface area contributed by atoms with Crippen LogP contribution in [0.25, 0.3) is 0 Å². The summed E-state index contributed by atoms with van der Waals surface area (Å²) < 4.78 is 24.9. The number of hydrogen-bond donors (Lipinski definition) is 0. The maximum Gasteiger partial charge on any atom is 0.261 e. The second-order valence-electron chi connectivity index (χ2n) is 11.9. The molecule has 1 heterocycles. The first-order valence-corrected chi connectivity index (χ1v) is 19.0. The molecule has 0 saturated carbocycles. The highest BCUT2D eigenvalue weighted by Gasteiger charge is 2.41. The molecule has 1 unspecified atom stereocenters. The molecular weight excluding hydrogens is 779 g/mol. The van der Waals surface area contributed by atoms with E-state index in [0.29, 0.717) is 37.1 Å². The molecule has 0 bridgehead atoms. The third-order valence-corrected chi connectivity index (χ3v) is 9.17. The lowest BCUT2D eigenvalue weighted by Crippen LogP contribution is -2.35. The Morgan fingerprint density at radius 3 is 2.00 bits per heavy atom. The maximum atomic E-state index is 14.4. The van der Waals surface area contributed by atoms with Crippen LogP contribution in [0, 0.1) is 18.2 Å². The van der Waals surface area contributed by atoms with Crippen molar-refractivity contribution in [3.8, 4) is 18.1 Å². The van der Waals surface area contributed by atoms with Gasteiger partial charge >= 0.3 is 0 Å². The summed E-state index contributed by atoms with van der Waals surface area (Å²) in [6.07, 6.45) is 12.4. The quantitative estimate of drug-likeness (QED) is 0.0623. The second kappa shape index (κ2) is 23.2. The molecule has 0 radical (unpaired) electrons. The average Bonchev–Trinajstić information content (AvgIpc) is 3.42. The summed E-state index contributed by atoms with van der Waals surface area (Å²) in [5, 5.41) is 0.0233. The fourth-order valence-electron chi connectivity index (χ4n) is 5.69. The molecule has 0 fully saturated rings. The molecule has 1 aliphatic heterocycles. The smallest absolute Gasteiger partial charge is 0.261 e. The monoisotopic (exact) mass is 823 g/mol. The molecule has 2 aromatic rings. The Morgan fingerprint density at radius 1 is 1.04 bits per heavy atom. The molecule has 1 aliphatic carbocycles. The zero-order chi connectivity index (χ0) is 40.5. The van der Waals surface area contributed by atoms with Crippen molar-refractivity contribution >= 4 is 81.4 Å². The predicted octanol–water partition coefficient (Wildman–Crippen LogP) is 8.60. The summed E-state index contributed by atoms with van der Waals surface area (Å²) in [6.45, 7) is 13.9. The Kier molecular flexibility index (Phi) is 19.9. The zero-order valence-electron chi connectivity index (χ0n) is 30.9. The first kappa shape index (κ1) is 46.3. The highest BCUT2D eigenvalue weighted by Crippen LogP contribution is 2.39. The number of imide groups is 1. The number of anilines is 2. The van der Waals surface area contributed by atoms with Crippen LogP contribution in [0.3, 0.4) is 0 Å². The van der Waals surface area contributed by atoms with E-state index in [2.05, 4.69) is 32.9 Å². The van der Waals surface area contributed by atoms with E-state index in [1.54, 1.807) is 31.1 Å². The lowest BCUT2D eigenvalue weighted by atomic mass is 9.93. The number of benzene rings is 2. The fourth-order valence-corrected chi connectivity index (χ4v) is 6.31. The van der Waals surface area contributed by atoms with Crippen molar-refractivity contribution in [2.45, 2.75) is 70.2 Å². The molecular formula is C40H46Cl4FN3O6. The molecule has 0 aromatic heterocycles. The molecule has 2 aliphatic rings. The summed E-state index contributed by atoms with van der Waals surface area (Å²) in [5.41, 5.74) is 4.05. The van der Waals surface area contributed by atoms with Gasteiger partial charge in [0.05, 0.1) is 16.4 Å². The molecule has 4 amide bonds. The van der Waals surface area contributed by atoms with Crippen LogP contribution < -0.4 is 14.5 Å². The van der Waals surface area contributed by atoms with E-state index in [9.17, 15) is 23.6 Å². The van der Waals surface area contributed by atoms with Crippen molar-refractivity contribution in [2.24, 2.45) is 0 Å². The number of rotatable bonds is 14. The van der Waals surface area contributed by atoms with Gasteiger partial charge in [-0.1, -0.05) is 84.9 Å². The average molecular weight is 826 g/mol. The summed E-state index contributed by atoms with van der Waals surface area (Å²) in [5.74, 6) is 0.319. The van der Waals surface area contributed by atoms with Crippen molar-refractivity contribution in [1.29, 1.82) is 0 Å². The van der Waals surface area contributed by atoms with Gasteiger partial charge in [0.1, 0.15) is 24.2 Å². The number of methoxy groups -OCH3 is 1. The lowest BCUT2D eigenvalue weighted by molar-refractivity contribution is -0.128. The Bertz CT molecular complexity index is 1700. The van der Waals surface area contributed by atoms with E-state index >= 15 is 0 Å². The number of aryl methyl sites for hydroxylation is 2. The third kappa shape index (κ3) is 12.1. The van der Waals surface area contributed by atoms with E-state index in [4.69, 9.17) is 62.3 Å². The highest BCUT2D eigenvalue weighted by atomic mass is 35.5. The van der Waals surface area contributed by atoms with Gasteiger partial charge in [-0.3, -0.25) is 24.1 Å². The van der Waals surface area contributed by atoms with Gasteiger partial charge in [0, 0.05) is 37.4 Å². The van der Waals surface area contributed by atoms with E-state index in [1.165, 1.54) is 11.0 Å². The fraction of sp³-hybridized carbons (Fsp3) is 0.400. The minimum Gasteiger partial charge on any atom is -0.476 e. The van der Waals surface area contributed by atoms with E-state index in [1.807, 2.05) is 18.2 Å². The largest absolute Gasteiger partial charge is 0.476 e. The van der Waals surface area contributed by atoms with Crippen LogP contribution in [0.5, 0.6) is 5.75 Å². The molecule has 0 N–H and O–H groups in total. The number of ether oxygens (including phenoxy) is 2. The molecule has 4 rings (SSSR count). The normalized spacial score (nSPS) is 13.8. The molecule has 0 spiro atoms. The van der Waals surface area contributed by atoms with E-state index in [0.717, 1.165) is 53.5 Å². The Labute approximate surface area is 337 Å². The Hall–Kier alpha value is -3.85. The number of terminal acetylenes is 1. The predicted molar refractivity (Wildman–Crippen MR) is 216 cm³/mol. The lowest BCUT2D eigenvalue weighted by Gasteiger charge is -2.26. The van der Waals surface area contributed by atoms with Crippen molar-refractivity contribution in [2.75, 3.05) is 42.6 Å². The van der Waals surface area contributed by atoms with Crippen LogP contribution in [0.2, 0.25) is 5.02 Å². The zero-order valence-corrected chi connectivity index (χ0v) is 34.0. The minimum atomic E-state index is -1.01. The first-order valence-electron chi connectivity index (χ1n) is 17.2. The van der Waals surface area contributed by atoms with Gasteiger partial charge in [-0.05, 0) is 62.6 Å².